The maximum atomic E-state index is 5.32. The molecule has 5 heteroatoms. The first-order valence-corrected chi connectivity index (χ1v) is 6.32. The Morgan fingerprint density at radius 3 is 2.94 bits per heavy atom. The zero-order chi connectivity index (χ0) is 11.9. The molecule has 5 nitrogen and oxygen atoms in total. The number of hydrogen-bond acceptors (Lipinski definition) is 4. The van der Waals surface area contributed by atoms with Crippen molar-refractivity contribution in [2.24, 2.45) is 7.05 Å². The van der Waals surface area contributed by atoms with Crippen molar-refractivity contribution in [3.63, 3.8) is 0 Å². The molecule has 1 saturated heterocycles. The first-order valence-electron chi connectivity index (χ1n) is 6.32. The van der Waals surface area contributed by atoms with Crippen LogP contribution in [0.5, 0.6) is 0 Å². The third-order valence-corrected chi connectivity index (χ3v) is 3.15. The van der Waals surface area contributed by atoms with Gasteiger partial charge in [-0.2, -0.15) is 0 Å². The number of nitrogens with one attached hydrogen (secondary N) is 1. The predicted octanol–water partition coefficient (Wildman–Crippen LogP) is 0.232. The summed E-state index contributed by atoms with van der Waals surface area (Å²) in [4.78, 5) is 6.56. The molecule has 0 aliphatic carbocycles. The Morgan fingerprint density at radius 1 is 1.41 bits per heavy atom. The van der Waals surface area contributed by atoms with Gasteiger partial charge in [0.2, 0.25) is 0 Å². The molecule has 0 saturated carbocycles. The average molecular weight is 238 g/mol. The molecule has 96 valence electrons. The van der Waals surface area contributed by atoms with E-state index in [4.69, 9.17) is 4.74 Å². The van der Waals surface area contributed by atoms with E-state index in [2.05, 4.69) is 19.8 Å². The lowest BCUT2D eigenvalue weighted by Crippen LogP contribution is -2.37. The number of nitrogens with zero attached hydrogens (tertiary/aromatic N) is 3. The number of rotatable bonds is 6. The van der Waals surface area contributed by atoms with Crippen molar-refractivity contribution in [3.05, 3.63) is 18.2 Å². The van der Waals surface area contributed by atoms with E-state index in [9.17, 15) is 0 Å². The van der Waals surface area contributed by atoms with Crippen LogP contribution in [0.15, 0.2) is 12.5 Å². The van der Waals surface area contributed by atoms with Crippen LogP contribution in [0.3, 0.4) is 0 Å². The number of aromatic nitrogens is 2. The molecule has 17 heavy (non-hydrogen) atoms. The van der Waals surface area contributed by atoms with Crippen molar-refractivity contribution in [1.29, 1.82) is 0 Å². The van der Waals surface area contributed by atoms with Crippen LogP contribution >= 0.6 is 0 Å². The molecule has 0 unspecified atom stereocenters. The van der Waals surface area contributed by atoms with Crippen LogP contribution in [0.25, 0.3) is 0 Å². The van der Waals surface area contributed by atoms with Gasteiger partial charge in [-0.1, -0.05) is 0 Å². The molecule has 0 atom stereocenters. The smallest absolute Gasteiger partial charge is 0.0945 e. The Balaban J connectivity index is 1.53. The molecule has 0 bridgehead atoms. The highest BCUT2D eigenvalue weighted by molar-refractivity contribution is 4.96. The SMILES string of the molecule is Cn1cncc1CNCCCN1CCOCC1. The van der Waals surface area contributed by atoms with E-state index in [1.807, 2.05) is 19.6 Å². The number of imidazole rings is 1. The summed E-state index contributed by atoms with van der Waals surface area (Å²) in [6.07, 6.45) is 4.94. The fourth-order valence-corrected chi connectivity index (χ4v) is 2.02. The molecule has 0 radical (unpaired) electrons. The minimum atomic E-state index is 0.891. The lowest BCUT2D eigenvalue weighted by Gasteiger charge is -2.26. The molecule has 2 heterocycles. The molecule has 1 fully saturated rings. The van der Waals surface area contributed by atoms with Crippen molar-refractivity contribution in [2.45, 2.75) is 13.0 Å². The summed E-state index contributed by atoms with van der Waals surface area (Å²) >= 11 is 0. The van der Waals surface area contributed by atoms with Gasteiger partial charge in [-0.15, -0.1) is 0 Å². The third-order valence-electron chi connectivity index (χ3n) is 3.15. The molecule has 1 aliphatic heterocycles. The molecule has 0 aromatic carbocycles. The Hall–Kier alpha value is -0.910. The monoisotopic (exact) mass is 238 g/mol. The standard InChI is InChI=1S/C12H22N4O/c1-15-11-14-10-12(15)9-13-3-2-4-16-5-7-17-8-6-16/h10-11,13H,2-9H2,1H3. The maximum Gasteiger partial charge on any atom is 0.0945 e. The van der Waals surface area contributed by atoms with Gasteiger partial charge in [-0.25, -0.2) is 4.98 Å². The minimum absolute atomic E-state index is 0.891. The molecule has 2 rings (SSSR count). The van der Waals surface area contributed by atoms with Gasteiger partial charge in [0.05, 0.1) is 25.2 Å². The highest BCUT2D eigenvalue weighted by Gasteiger charge is 2.08. The lowest BCUT2D eigenvalue weighted by atomic mass is 10.3. The first-order chi connectivity index (χ1) is 8.36. The zero-order valence-electron chi connectivity index (χ0n) is 10.6. The fraction of sp³-hybridized carbons (Fsp3) is 0.750. The second kappa shape index (κ2) is 6.74. The van der Waals surface area contributed by atoms with Crippen LogP contribution in [-0.2, 0) is 18.3 Å². The van der Waals surface area contributed by atoms with E-state index >= 15 is 0 Å². The topological polar surface area (TPSA) is 42.3 Å². The largest absolute Gasteiger partial charge is 0.379 e. The summed E-state index contributed by atoms with van der Waals surface area (Å²) < 4.78 is 7.37. The van der Waals surface area contributed by atoms with E-state index in [-0.39, 0.29) is 0 Å². The van der Waals surface area contributed by atoms with E-state index in [1.165, 1.54) is 18.7 Å². The summed E-state index contributed by atoms with van der Waals surface area (Å²) in [6, 6.07) is 0. The van der Waals surface area contributed by atoms with E-state index in [1.54, 1.807) is 0 Å². The van der Waals surface area contributed by atoms with Gasteiger partial charge in [-0.05, 0) is 19.5 Å². The van der Waals surface area contributed by atoms with Crippen molar-refractivity contribution in [2.75, 3.05) is 39.4 Å². The quantitative estimate of drug-likeness (QED) is 0.721. The van der Waals surface area contributed by atoms with Gasteiger partial charge in [0, 0.05) is 32.9 Å². The van der Waals surface area contributed by atoms with Crippen molar-refractivity contribution in [3.8, 4) is 0 Å². The number of aryl methyl sites for hydroxylation is 1. The molecule has 0 spiro atoms. The van der Waals surface area contributed by atoms with Gasteiger partial charge >= 0.3 is 0 Å². The predicted molar refractivity (Wildman–Crippen MR) is 66.8 cm³/mol. The second-order valence-corrected chi connectivity index (χ2v) is 4.48. The first kappa shape index (κ1) is 12.5. The second-order valence-electron chi connectivity index (χ2n) is 4.48. The molecular formula is C12H22N4O. The van der Waals surface area contributed by atoms with Gasteiger partial charge < -0.3 is 14.6 Å². The van der Waals surface area contributed by atoms with Gasteiger partial charge in [0.25, 0.3) is 0 Å². The average Bonchev–Trinajstić information content (AvgIpc) is 2.76. The summed E-state index contributed by atoms with van der Waals surface area (Å²) in [5, 5.41) is 3.45. The Bertz CT molecular complexity index is 320. The minimum Gasteiger partial charge on any atom is -0.379 e. The maximum absolute atomic E-state index is 5.32. The molecule has 1 N–H and O–H groups in total. The molecular weight excluding hydrogens is 216 g/mol. The number of ether oxygens (including phenoxy) is 1. The molecule has 1 aromatic heterocycles. The van der Waals surface area contributed by atoms with Crippen LogP contribution in [0.2, 0.25) is 0 Å². The van der Waals surface area contributed by atoms with Crippen molar-refractivity contribution < 1.29 is 4.74 Å². The number of hydrogen-bond donors (Lipinski definition) is 1. The van der Waals surface area contributed by atoms with E-state index in [0.717, 1.165) is 39.4 Å². The number of morpholine rings is 1. The highest BCUT2D eigenvalue weighted by Crippen LogP contribution is 1.98. The highest BCUT2D eigenvalue weighted by atomic mass is 16.5. The van der Waals surface area contributed by atoms with Crippen LogP contribution in [0, 0.1) is 0 Å². The van der Waals surface area contributed by atoms with Crippen LogP contribution in [0.4, 0.5) is 0 Å². The van der Waals surface area contributed by atoms with Crippen molar-refractivity contribution in [1.82, 2.24) is 19.8 Å². The fourth-order valence-electron chi connectivity index (χ4n) is 2.02. The Morgan fingerprint density at radius 2 is 2.24 bits per heavy atom. The Labute approximate surface area is 103 Å². The van der Waals surface area contributed by atoms with Crippen LogP contribution in [-0.4, -0.2) is 53.8 Å². The van der Waals surface area contributed by atoms with Gasteiger partial charge in [0.1, 0.15) is 0 Å². The lowest BCUT2D eigenvalue weighted by molar-refractivity contribution is 0.0374. The third kappa shape index (κ3) is 4.11. The summed E-state index contributed by atoms with van der Waals surface area (Å²) in [6.45, 7) is 7.08. The normalized spacial score (nSPS) is 17.5. The summed E-state index contributed by atoms with van der Waals surface area (Å²) in [5.74, 6) is 0. The molecule has 1 aliphatic rings. The van der Waals surface area contributed by atoms with Gasteiger partial charge in [0.15, 0.2) is 0 Å². The molecule has 0 amide bonds. The van der Waals surface area contributed by atoms with Crippen LogP contribution < -0.4 is 5.32 Å². The van der Waals surface area contributed by atoms with Gasteiger partial charge in [-0.3, -0.25) is 4.90 Å². The van der Waals surface area contributed by atoms with E-state index < -0.39 is 0 Å². The Kier molecular flexibility index (Phi) is 4.97. The zero-order valence-corrected chi connectivity index (χ0v) is 10.6. The van der Waals surface area contributed by atoms with Crippen molar-refractivity contribution >= 4 is 0 Å². The van der Waals surface area contributed by atoms with Crippen LogP contribution in [0.1, 0.15) is 12.1 Å². The molecule has 1 aromatic rings. The summed E-state index contributed by atoms with van der Waals surface area (Å²) in [7, 11) is 2.03. The summed E-state index contributed by atoms with van der Waals surface area (Å²) in [5.41, 5.74) is 1.23. The van der Waals surface area contributed by atoms with E-state index in [0.29, 0.717) is 0 Å².